The first kappa shape index (κ1) is 18.7. The van der Waals surface area contributed by atoms with Gasteiger partial charge in [0.2, 0.25) is 0 Å². The summed E-state index contributed by atoms with van der Waals surface area (Å²) in [5.41, 5.74) is 2.12. The molecule has 1 atom stereocenters. The molecule has 3 aromatic carbocycles. The van der Waals surface area contributed by atoms with Gasteiger partial charge in [-0.05, 0) is 36.1 Å². The lowest BCUT2D eigenvalue weighted by Crippen LogP contribution is -2.48. The van der Waals surface area contributed by atoms with Crippen LogP contribution in [0.3, 0.4) is 0 Å². The summed E-state index contributed by atoms with van der Waals surface area (Å²) < 4.78 is 0. The summed E-state index contributed by atoms with van der Waals surface area (Å²) in [6.07, 6.45) is 6.47. The van der Waals surface area contributed by atoms with Gasteiger partial charge in [0.1, 0.15) is 5.60 Å². The zero-order valence-corrected chi connectivity index (χ0v) is 16.1. The maximum Gasteiger partial charge on any atom is 0.130 e. The predicted octanol–water partition coefficient (Wildman–Crippen LogP) is 5.10. The number of likely N-dealkylation sites (tertiary alicyclic amines) is 1. The van der Waals surface area contributed by atoms with Crippen molar-refractivity contribution in [1.82, 2.24) is 4.90 Å². The van der Waals surface area contributed by atoms with Gasteiger partial charge in [-0.2, -0.15) is 0 Å². The van der Waals surface area contributed by atoms with Crippen molar-refractivity contribution in [3.63, 3.8) is 0 Å². The molecule has 0 aliphatic carbocycles. The lowest BCUT2D eigenvalue weighted by Gasteiger charge is -2.40. The van der Waals surface area contributed by atoms with Crippen LogP contribution < -0.4 is 0 Å². The van der Waals surface area contributed by atoms with E-state index < -0.39 is 5.60 Å². The third-order valence-electron chi connectivity index (χ3n) is 5.72. The number of nitrogens with zero attached hydrogens (tertiary/aromatic N) is 1. The van der Waals surface area contributed by atoms with E-state index in [1.807, 2.05) is 66.7 Å². The van der Waals surface area contributed by atoms with Crippen LogP contribution in [0.15, 0.2) is 97.1 Å². The SMILES string of the molecule is OC(c1ccccc1)(c1ccccc1)[C@@H]1CCCN1C/C=C/c1ccccc1. The Morgan fingerprint density at radius 3 is 1.93 bits per heavy atom. The van der Waals surface area contributed by atoms with Crippen molar-refractivity contribution < 1.29 is 5.11 Å². The molecule has 1 fully saturated rings. The number of hydrogen-bond donors (Lipinski definition) is 1. The van der Waals surface area contributed by atoms with Crippen molar-refractivity contribution >= 4 is 6.08 Å². The molecule has 0 aromatic heterocycles. The Balaban J connectivity index is 1.63. The Morgan fingerprint density at radius 1 is 0.821 bits per heavy atom. The quantitative estimate of drug-likeness (QED) is 0.653. The smallest absolute Gasteiger partial charge is 0.130 e. The fourth-order valence-electron chi connectivity index (χ4n) is 4.34. The second-order valence-electron chi connectivity index (χ2n) is 7.46. The topological polar surface area (TPSA) is 23.5 Å². The standard InChI is InChI=1S/C26H27NO/c28-26(23-15-6-2-7-16-23,24-17-8-3-9-18-24)25-19-11-21-27(25)20-10-14-22-12-4-1-5-13-22/h1-10,12-18,25,28H,11,19-21H2/b14-10+/t25-/m0/s1. The molecule has 142 valence electrons. The number of rotatable bonds is 6. The molecule has 1 aliphatic heterocycles. The van der Waals surface area contributed by atoms with E-state index >= 15 is 0 Å². The Labute approximate surface area is 167 Å². The molecule has 1 aliphatic rings. The highest BCUT2D eigenvalue weighted by molar-refractivity contribution is 5.49. The minimum atomic E-state index is -1.01. The van der Waals surface area contributed by atoms with Crippen molar-refractivity contribution in [3.05, 3.63) is 114 Å². The van der Waals surface area contributed by atoms with Gasteiger partial charge in [0.15, 0.2) is 0 Å². The number of aliphatic hydroxyl groups is 1. The molecule has 4 rings (SSSR count). The minimum absolute atomic E-state index is 0.0534. The van der Waals surface area contributed by atoms with Gasteiger partial charge in [0.05, 0.1) is 0 Å². The Bertz CT molecular complexity index is 850. The maximum absolute atomic E-state index is 12.1. The summed E-state index contributed by atoms with van der Waals surface area (Å²) in [7, 11) is 0. The molecule has 1 saturated heterocycles. The second-order valence-corrected chi connectivity index (χ2v) is 7.46. The lowest BCUT2D eigenvalue weighted by molar-refractivity contribution is -0.00000676. The molecular formula is C26H27NO. The van der Waals surface area contributed by atoms with Crippen LogP contribution in [-0.4, -0.2) is 29.1 Å². The second kappa shape index (κ2) is 8.55. The number of hydrogen-bond acceptors (Lipinski definition) is 2. The van der Waals surface area contributed by atoms with Crippen molar-refractivity contribution in [2.45, 2.75) is 24.5 Å². The van der Waals surface area contributed by atoms with Gasteiger partial charge in [-0.15, -0.1) is 0 Å². The first-order chi connectivity index (χ1) is 13.8. The molecule has 2 heteroatoms. The summed E-state index contributed by atoms with van der Waals surface area (Å²) in [6.45, 7) is 1.84. The molecule has 0 bridgehead atoms. The normalized spacial score (nSPS) is 18.0. The fourth-order valence-corrected chi connectivity index (χ4v) is 4.34. The van der Waals surface area contributed by atoms with Crippen molar-refractivity contribution in [2.75, 3.05) is 13.1 Å². The van der Waals surface area contributed by atoms with E-state index in [2.05, 4.69) is 41.3 Å². The van der Waals surface area contributed by atoms with Crippen LogP contribution in [0.25, 0.3) is 6.08 Å². The monoisotopic (exact) mass is 369 g/mol. The van der Waals surface area contributed by atoms with E-state index in [0.29, 0.717) is 0 Å². The highest BCUT2D eigenvalue weighted by atomic mass is 16.3. The van der Waals surface area contributed by atoms with Crippen LogP contribution in [0.4, 0.5) is 0 Å². The lowest BCUT2D eigenvalue weighted by atomic mass is 9.79. The highest BCUT2D eigenvalue weighted by Gasteiger charge is 2.44. The molecular weight excluding hydrogens is 342 g/mol. The minimum Gasteiger partial charge on any atom is -0.379 e. The Kier molecular flexibility index (Phi) is 5.70. The van der Waals surface area contributed by atoms with E-state index in [-0.39, 0.29) is 6.04 Å². The van der Waals surface area contributed by atoms with Crippen LogP contribution in [0.1, 0.15) is 29.5 Å². The van der Waals surface area contributed by atoms with Gasteiger partial charge in [-0.25, -0.2) is 0 Å². The highest BCUT2D eigenvalue weighted by Crippen LogP contribution is 2.40. The zero-order chi connectivity index (χ0) is 19.2. The average molecular weight is 370 g/mol. The van der Waals surface area contributed by atoms with Crippen LogP contribution in [-0.2, 0) is 5.60 Å². The van der Waals surface area contributed by atoms with E-state index in [0.717, 1.165) is 37.1 Å². The van der Waals surface area contributed by atoms with E-state index in [1.54, 1.807) is 0 Å². The third-order valence-corrected chi connectivity index (χ3v) is 5.72. The fraction of sp³-hybridized carbons (Fsp3) is 0.231. The Morgan fingerprint density at radius 2 is 1.36 bits per heavy atom. The van der Waals surface area contributed by atoms with Crippen LogP contribution >= 0.6 is 0 Å². The van der Waals surface area contributed by atoms with Gasteiger partial charge < -0.3 is 5.11 Å². The number of benzene rings is 3. The summed E-state index contributed by atoms with van der Waals surface area (Å²) in [4.78, 5) is 2.42. The van der Waals surface area contributed by atoms with Crippen molar-refractivity contribution in [2.24, 2.45) is 0 Å². The molecule has 3 aromatic rings. The maximum atomic E-state index is 12.1. The Hall–Kier alpha value is -2.68. The molecule has 1 heterocycles. The molecule has 0 amide bonds. The van der Waals surface area contributed by atoms with E-state index in [1.165, 1.54) is 5.56 Å². The largest absolute Gasteiger partial charge is 0.379 e. The zero-order valence-electron chi connectivity index (χ0n) is 16.1. The van der Waals surface area contributed by atoms with Gasteiger partial charge in [0, 0.05) is 12.6 Å². The van der Waals surface area contributed by atoms with Crippen molar-refractivity contribution in [3.8, 4) is 0 Å². The summed E-state index contributed by atoms with van der Waals surface area (Å²) in [5, 5.41) is 12.1. The molecule has 0 radical (unpaired) electrons. The van der Waals surface area contributed by atoms with Crippen LogP contribution in [0.5, 0.6) is 0 Å². The third kappa shape index (κ3) is 3.80. The van der Waals surface area contributed by atoms with Crippen LogP contribution in [0, 0.1) is 0 Å². The van der Waals surface area contributed by atoms with Gasteiger partial charge in [-0.3, -0.25) is 4.90 Å². The summed E-state index contributed by atoms with van der Waals surface area (Å²) in [5.74, 6) is 0. The molecule has 28 heavy (non-hydrogen) atoms. The van der Waals surface area contributed by atoms with Gasteiger partial charge >= 0.3 is 0 Å². The molecule has 0 saturated carbocycles. The molecule has 1 N–H and O–H groups in total. The molecule has 2 nitrogen and oxygen atoms in total. The van der Waals surface area contributed by atoms with Gasteiger partial charge in [-0.1, -0.05) is 103 Å². The first-order valence-corrected chi connectivity index (χ1v) is 10.1. The predicted molar refractivity (Wildman–Crippen MR) is 116 cm³/mol. The van der Waals surface area contributed by atoms with Crippen molar-refractivity contribution in [1.29, 1.82) is 0 Å². The summed E-state index contributed by atoms with van der Waals surface area (Å²) >= 11 is 0. The van der Waals surface area contributed by atoms with Crippen LogP contribution in [0.2, 0.25) is 0 Å². The average Bonchev–Trinajstić information content (AvgIpc) is 3.24. The first-order valence-electron chi connectivity index (χ1n) is 10.1. The van der Waals surface area contributed by atoms with Gasteiger partial charge in [0.25, 0.3) is 0 Å². The van der Waals surface area contributed by atoms with E-state index in [4.69, 9.17) is 0 Å². The molecule has 0 spiro atoms. The van der Waals surface area contributed by atoms with E-state index in [9.17, 15) is 5.11 Å². The summed E-state index contributed by atoms with van der Waals surface area (Å²) in [6, 6.07) is 30.7. The molecule has 0 unspecified atom stereocenters.